The summed E-state index contributed by atoms with van der Waals surface area (Å²) in [6, 6.07) is 14.2. The van der Waals surface area contributed by atoms with Crippen LogP contribution in [0, 0.1) is 12.7 Å². The maximum absolute atomic E-state index is 12.9. The van der Waals surface area contributed by atoms with Gasteiger partial charge in [-0.05, 0) is 35.7 Å². The SMILES string of the molecule is Cc1ccccc1CC(=O)Nc1nnc(SCc2ccc(F)cc2)s1. The molecule has 1 N–H and O–H groups in total. The maximum Gasteiger partial charge on any atom is 0.230 e. The molecule has 0 atom stereocenters. The molecule has 0 fully saturated rings. The van der Waals surface area contributed by atoms with Crippen LogP contribution < -0.4 is 5.32 Å². The van der Waals surface area contributed by atoms with Crippen LogP contribution >= 0.6 is 23.1 Å². The average Bonchev–Trinajstić information content (AvgIpc) is 3.04. The molecule has 0 aliphatic rings. The third-order valence-electron chi connectivity index (χ3n) is 3.54. The fourth-order valence-electron chi connectivity index (χ4n) is 2.19. The molecule has 0 radical (unpaired) electrons. The van der Waals surface area contributed by atoms with Crippen molar-refractivity contribution in [2.24, 2.45) is 0 Å². The van der Waals surface area contributed by atoms with Crippen molar-refractivity contribution < 1.29 is 9.18 Å². The average molecular weight is 373 g/mol. The van der Waals surface area contributed by atoms with E-state index in [4.69, 9.17) is 0 Å². The zero-order chi connectivity index (χ0) is 17.6. The highest BCUT2D eigenvalue weighted by molar-refractivity contribution is 8.00. The van der Waals surface area contributed by atoms with Gasteiger partial charge in [-0.15, -0.1) is 10.2 Å². The first-order chi connectivity index (χ1) is 12.1. The number of halogens is 1. The molecular formula is C18H16FN3OS2. The molecule has 0 saturated heterocycles. The van der Waals surface area contributed by atoms with Gasteiger partial charge in [-0.25, -0.2) is 4.39 Å². The minimum absolute atomic E-state index is 0.111. The van der Waals surface area contributed by atoms with Crippen molar-refractivity contribution >= 4 is 34.1 Å². The topological polar surface area (TPSA) is 54.9 Å². The summed E-state index contributed by atoms with van der Waals surface area (Å²) in [5.74, 6) is 0.315. The molecule has 1 amide bonds. The summed E-state index contributed by atoms with van der Waals surface area (Å²) in [7, 11) is 0. The molecule has 3 aromatic rings. The van der Waals surface area contributed by atoms with E-state index >= 15 is 0 Å². The van der Waals surface area contributed by atoms with Crippen LogP contribution in [0.25, 0.3) is 0 Å². The summed E-state index contributed by atoms with van der Waals surface area (Å²) in [5, 5.41) is 11.3. The van der Waals surface area contributed by atoms with E-state index in [1.54, 1.807) is 12.1 Å². The lowest BCUT2D eigenvalue weighted by molar-refractivity contribution is -0.115. The summed E-state index contributed by atoms with van der Waals surface area (Å²) in [4.78, 5) is 12.1. The molecule has 0 bridgehead atoms. The Morgan fingerprint density at radius 1 is 1.16 bits per heavy atom. The lowest BCUT2D eigenvalue weighted by atomic mass is 10.1. The van der Waals surface area contributed by atoms with Crippen LogP contribution in [0.3, 0.4) is 0 Å². The first-order valence-corrected chi connectivity index (χ1v) is 9.45. The highest BCUT2D eigenvalue weighted by atomic mass is 32.2. The first-order valence-electron chi connectivity index (χ1n) is 7.65. The Bertz CT molecular complexity index is 865. The minimum atomic E-state index is -0.247. The number of aromatic nitrogens is 2. The highest BCUT2D eigenvalue weighted by Gasteiger charge is 2.10. The number of nitrogens with one attached hydrogen (secondary N) is 1. The third-order valence-corrected chi connectivity index (χ3v) is 5.58. The van der Waals surface area contributed by atoms with Crippen molar-refractivity contribution in [3.05, 3.63) is 71.0 Å². The van der Waals surface area contributed by atoms with Crippen LogP contribution in [0.2, 0.25) is 0 Å². The van der Waals surface area contributed by atoms with Gasteiger partial charge in [0.1, 0.15) is 5.82 Å². The quantitative estimate of drug-likeness (QED) is 0.512. The van der Waals surface area contributed by atoms with Crippen LogP contribution in [0.15, 0.2) is 52.9 Å². The van der Waals surface area contributed by atoms with Crippen molar-refractivity contribution in [3.63, 3.8) is 0 Å². The Hall–Kier alpha value is -2.25. The molecule has 1 heterocycles. The van der Waals surface area contributed by atoms with E-state index in [9.17, 15) is 9.18 Å². The van der Waals surface area contributed by atoms with Gasteiger partial charge in [0, 0.05) is 5.75 Å². The summed E-state index contributed by atoms with van der Waals surface area (Å²) in [6.07, 6.45) is 0.310. The predicted molar refractivity (Wildman–Crippen MR) is 99.4 cm³/mol. The fraction of sp³-hybridized carbons (Fsp3) is 0.167. The van der Waals surface area contributed by atoms with Gasteiger partial charge in [-0.1, -0.05) is 59.5 Å². The van der Waals surface area contributed by atoms with E-state index in [-0.39, 0.29) is 11.7 Å². The van der Waals surface area contributed by atoms with Crippen molar-refractivity contribution in [1.29, 1.82) is 0 Å². The predicted octanol–water partition coefficient (Wildman–Crippen LogP) is 4.46. The minimum Gasteiger partial charge on any atom is -0.300 e. The number of hydrogen-bond acceptors (Lipinski definition) is 5. The van der Waals surface area contributed by atoms with E-state index < -0.39 is 0 Å². The number of anilines is 1. The van der Waals surface area contributed by atoms with Gasteiger partial charge in [-0.3, -0.25) is 4.79 Å². The number of carbonyl (C=O) groups excluding carboxylic acids is 1. The van der Waals surface area contributed by atoms with Gasteiger partial charge < -0.3 is 5.32 Å². The Morgan fingerprint density at radius 2 is 1.92 bits per heavy atom. The van der Waals surface area contributed by atoms with Crippen molar-refractivity contribution in [2.45, 2.75) is 23.4 Å². The number of thioether (sulfide) groups is 1. The number of carbonyl (C=O) groups is 1. The monoisotopic (exact) mass is 373 g/mol. The Kier molecular flexibility index (Phi) is 5.78. The van der Waals surface area contributed by atoms with E-state index in [0.717, 1.165) is 21.0 Å². The molecule has 0 aliphatic heterocycles. The summed E-state index contributed by atoms with van der Waals surface area (Å²) in [5.41, 5.74) is 3.09. The van der Waals surface area contributed by atoms with E-state index in [0.29, 0.717) is 17.3 Å². The molecule has 0 saturated carbocycles. The molecule has 0 spiro atoms. The molecule has 4 nitrogen and oxygen atoms in total. The standard InChI is InChI=1S/C18H16FN3OS2/c1-12-4-2-3-5-14(12)10-16(23)20-17-21-22-18(25-17)24-11-13-6-8-15(19)9-7-13/h2-9H,10-11H2,1H3,(H,20,21,23). The summed E-state index contributed by atoms with van der Waals surface area (Å²) in [6.45, 7) is 1.98. The van der Waals surface area contributed by atoms with E-state index in [2.05, 4.69) is 15.5 Å². The lowest BCUT2D eigenvalue weighted by Gasteiger charge is -2.04. The van der Waals surface area contributed by atoms with Gasteiger partial charge in [0.25, 0.3) is 0 Å². The number of nitrogens with zero attached hydrogens (tertiary/aromatic N) is 2. The van der Waals surface area contributed by atoms with Crippen molar-refractivity contribution in [3.8, 4) is 0 Å². The third kappa shape index (κ3) is 5.11. The smallest absolute Gasteiger partial charge is 0.230 e. The lowest BCUT2D eigenvalue weighted by Crippen LogP contribution is -2.14. The van der Waals surface area contributed by atoms with Crippen LogP contribution in [-0.2, 0) is 17.0 Å². The van der Waals surface area contributed by atoms with Gasteiger partial charge in [0.05, 0.1) is 6.42 Å². The van der Waals surface area contributed by atoms with E-state index in [1.807, 2.05) is 31.2 Å². The molecule has 1 aromatic heterocycles. The number of aryl methyl sites for hydroxylation is 1. The number of benzene rings is 2. The largest absolute Gasteiger partial charge is 0.300 e. The van der Waals surface area contributed by atoms with Crippen LogP contribution in [0.4, 0.5) is 9.52 Å². The van der Waals surface area contributed by atoms with Crippen LogP contribution in [0.1, 0.15) is 16.7 Å². The maximum atomic E-state index is 12.9. The number of rotatable bonds is 6. The second-order valence-corrected chi connectivity index (χ2v) is 7.64. The second-order valence-electron chi connectivity index (χ2n) is 5.44. The first kappa shape index (κ1) is 17.6. The summed E-state index contributed by atoms with van der Waals surface area (Å²) >= 11 is 2.84. The van der Waals surface area contributed by atoms with Crippen LogP contribution in [-0.4, -0.2) is 16.1 Å². The Morgan fingerprint density at radius 3 is 2.68 bits per heavy atom. The zero-order valence-electron chi connectivity index (χ0n) is 13.5. The molecule has 3 rings (SSSR count). The van der Waals surface area contributed by atoms with Gasteiger partial charge in [0.2, 0.25) is 11.0 Å². The zero-order valence-corrected chi connectivity index (χ0v) is 15.2. The van der Waals surface area contributed by atoms with Crippen molar-refractivity contribution in [2.75, 3.05) is 5.32 Å². The van der Waals surface area contributed by atoms with E-state index in [1.165, 1.54) is 35.2 Å². The molecule has 2 aromatic carbocycles. The molecule has 25 heavy (non-hydrogen) atoms. The Balaban J connectivity index is 1.53. The van der Waals surface area contributed by atoms with Gasteiger partial charge >= 0.3 is 0 Å². The summed E-state index contributed by atoms with van der Waals surface area (Å²) < 4.78 is 13.6. The normalized spacial score (nSPS) is 10.6. The Labute approximate surface area is 153 Å². The fourth-order valence-corrected chi connectivity index (χ4v) is 3.91. The molecule has 7 heteroatoms. The molecule has 0 aliphatic carbocycles. The second kappa shape index (κ2) is 8.22. The van der Waals surface area contributed by atoms with Gasteiger partial charge in [-0.2, -0.15) is 0 Å². The molecular weight excluding hydrogens is 357 g/mol. The number of hydrogen-bond donors (Lipinski definition) is 1. The highest BCUT2D eigenvalue weighted by Crippen LogP contribution is 2.28. The number of amides is 1. The molecule has 0 unspecified atom stereocenters. The molecule has 128 valence electrons. The van der Waals surface area contributed by atoms with Crippen molar-refractivity contribution in [1.82, 2.24) is 10.2 Å². The van der Waals surface area contributed by atoms with Gasteiger partial charge in [0.15, 0.2) is 4.34 Å². The van der Waals surface area contributed by atoms with Crippen LogP contribution in [0.5, 0.6) is 0 Å².